The Morgan fingerprint density at radius 2 is 1.69 bits per heavy atom. The fraction of sp³-hybridized carbons (Fsp3) is 0.923. The van der Waals surface area contributed by atoms with Crippen molar-refractivity contribution in [1.82, 2.24) is 4.90 Å². The summed E-state index contributed by atoms with van der Waals surface area (Å²) in [6.45, 7) is 1.28. The van der Waals surface area contributed by atoms with Gasteiger partial charge in [-0.05, 0) is 43.1 Å². The predicted molar refractivity (Wildman–Crippen MR) is 67.8 cm³/mol. The van der Waals surface area contributed by atoms with Gasteiger partial charge in [0.05, 0.1) is 0 Å². The number of carbonyl (C=O) groups excluding carboxylic acids is 1. The summed E-state index contributed by atoms with van der Waals surface area (Å²) in [5, 5.41) is 0. The minimum Gasteiger partial charge on any atom is -0.300 e. The smallest absolute Gasteiger partial charge is 0.136 e. The molecule has 2 nitrogen and oxygen atoms in total. The van der Waals surface area contributed by atoms with Crippen molar-refractivity contribution in [3.05, 3.63) is 0 Å². The van der Waals surface area contributed by atoms with E-state index in [4.69, 9.17) is 0 Å². The van der Waals surface area contributed by atoms with Crippen molar-refractivity contribution in [3.8, 4) is 0 Å². The van der Waals surface area contributed by atoms with Gasteiger partial charge in [0.2, 0.25) is 0 Å². The molecule has 3 fully saturated rings. The number of fused-ring (bicyclic) bond motifs is 2. The third-order valence-electron chi connectivity index (χ3n) is 4.51. The summed E-state index contributed by atoms with van der Waals surface area (Å²) in [5.74, 6) is 4.14. The van der Waals surface area contributed by atoms with Gasteiger partial charge < -0.3 is 0 Å². The number of piperidine rings is 1. The number of rotatable bonds is 2. The van der Waals surface area contributed by atoms with Crippen LogP contribution in [0.2, 0.25) is 0 Å². The van der Waals surface area contributed by atoms with Gasteiger partial charge in [-0.1, -0.05) is 0 Å². The minimum absolute atomic E-state index is 0.517. The zero-order valence-electron chi connectivity index (χ0n) is 9.86. The van der Waals surface area contributed by atoms with E-state index < -0.39 is 0 Å². The van der Waals surface area contributed by atoms with Crippen LogP contribution in [0.5, 0.6) is 0 Å². The quantitative estimate of drug-likeness (QED) is 0.737. The molecule has 0 saturated carbocycles. The van der Waals surface area contributed by atoms with E-state index in [1.165, 1.54) is 43.7 Å². The number of carbonyl (C=O) groups is 1. The number of nitrogens with zero attached hydrogens (tertiary/aromatic N) is 1. The van der Waals surface area contributed by atoms with Gasteiger partial charge in [0.25, 0.3) is 0 Å². The van der Waals surface area contributed by atoms with E-state index in [0.717, 1.165) is 18.8 Å². The molecule has 3 saturated heterocycles. The molecule has 3 heteroatoms. The number of Topliss-reactive ketones (excluding diaryl/α,β-unsaturated/α-hetero) is 1. The van der Waals surface area contributed by atoms with Gasteiger partial charge in [0.1, 0.15) is 5.78 Å². The molecule has 2 bridgehead atoms. The van der Waals surface area contributed by atoms with Crippen LogP contribution in [0.25, 0.3) is 0 Å². The largest absolute Gasteiger partial charge is 0.300 e. The molecule has 0 aromatic rings. The second-order valence-electron chi connectivity index (χ2n) is 5.58. The van der Waals surface area contributed by atoms with E-state index in [-0.39, 0.29) is 0 Å². The molecule has 3 rings (SSSR count). The molecule has 2 atom stereocenters. The van der Waals surface area contributed by atoms with Crippen LogP contribution in [-0.2, 0) is 4.79 Å². The van der Waals surface area contributed by atoms with E-state index in [1.54, 1.807) is 0 Å². The summed E-state index contributed by atoms with van der Waals surface area (Å²) < 4.78 is 0. The Balaban J connectivity index is 1.60. The summed E-state index contributed by atoms with van der Waals surface area (Å²) in [6, 6.07) is 1.22. The first-order valence-corrected chi connectivity index (χ1v) is 7.83. The van der Waals surface area contributed by atoms with Gasteiger partial charge >= 0.3 is 0 Å². The molecule has 3 aliphatic rings. The summed E-state index contributed by atoms with van der Waals surface area (Å²) in [4.78, 5) is 14.2. The fourth-order valence-electron chi connectivity index (χ4n) is 3.59. The van der Waals surface area contributed by atoms with Crippen LogP contribution in [0, 0.1) is 5.92 Å². The lowest BCUT2D eigenvalue weighted by atomic mass is 9.96. The Labute approximate surface area is 102 Å². The van der Waals surface area contributed by atoms with Crippen LogP contribution < -0.4 is 0 Å². The maximum Gasteiger partial charge on any atom is 0.136 e. The lowest BCUT2D eigenvalue weighted by Gasteiger charge is -2.37. The second-order valence-corrected chi connectivity index (χ2v) is 6.81. The normalized spacial score (nSPS) is 36.9. The maximum atomic E-state index is 11.5. The van der Waals surface area contributed by atoms with Crippen LogP contribution in [0.3, 0.4) is 0 Å². The Kier molecular flexibility index (Phi) is 3.25. The molecule has 3 heterocycles. The molecule has 0 amide bonds. The van der Waals surface area contributed by atoms with Gasteiger partial charge in [-0.3, -0.25) is 9.69 Å². The van der Waals surface area contributed by atoms with Crippen LogP contribution >= 0.6 is 11.8 Å². The van der Waals surface area contributed by atoms with Crippen molar-refractivity contribution in [3.63, 3.8) is 0 Å². The Morgan fingerprint density at radius 1 is 1.06 bits per heavy atom. The van der Waals surface area contributed by atoms with E-state index in [1.807, 2.05) is 0 Å². The van der Waals surface area contributed by atoms with E-state index in [2.05, 4.69) is 16.7 Å². The Bertz CT molecular complexity index is 259. The second kappa shape index (κ2) is 4.69. The highest BCUT2D eigenvalue weighted by molar-refractivity contribution is 7.99. The topological polar surface area (TPSA) is 20.3 Å². The fourth-order valence-corrected chi connectivity index (χ4v) is 4.79. The Hall–Kier alpha value is -0.0200. The van der Waals surface area contributed by atoms with Crippen LogP contribution in [0.4, 0.5) is 0 Å². The summed E-state index contributed by atoms with van der Waals surface area (Å²) in [5.41, 5.74) is 0. The van der Waals surface area contributed by atoms with Crippen molar-refractivity contribution in [1.29, 1.82) is 0 Å². The standard InChI is InChI=1S/C13H21NOS/c15-13-7-11-1-2-12(8-13)14(11)9-10-3-5-16-6-4-10/h10-12H,1-9H2. The van der Waals surface area contributed by atoms with Gasteiger partial charge in [-0.25, -0.2) is 0 Å². The zero-order chi connectivity index (χ0) is 11.0. The highest BCUT2D eigenvalue weighted by atomic mass is 32.2. The molecule has 16 heavy (non-hydrogen) atoms. The van der Waals surface area contributed by atoms with Crippen molar-refractivity contribution in [2.24, 2.45) is 5.92 Å². The van der Waals surface area contributed by atoms with Gasteiger partial charge in [-0.2, -0.15) is 11.8 Å². The maximum absolute atomic E-state index is 11.5. The van der Waals surface area contributed by atoms with Gasteiger partial charge in [-0.15, -0.1) is 0 Å². The van der Waals surface area contributed by atoms with E-state index in [9.17, 15) is 4.79 Å². The lowest BCUT2D eigenvalue weighted by Crippen LogP contribution is -2.45. The van der Waals surface area contributed by atoms with Crippen molar-refractivity contribution < 1.29 is 4.79 Å². The van der Waals surface area contributed by atoms with Crippen LogP contribution in [-0.4, -0.2) is 40.8 Å². The zero-order valence-corrected chi connectivity index (χ0v) is 10.7. The SMILES string of the molecule is O=C1CC2CCC(C1)N2CC1CCSCC1. The molecule has 0 spiro atoms. The molecule has 0 N–H and O–H groups in total. The third-order valence-corrected chi connectivity index (χ3v) is 5.56. The Morgan fingerprint density at radius 3 is 2.31 bits per heavy atom. The molecule has 0 aromatic carbocycles. The summed E-state index contributed by atoms with van der Waals surface area (Å²) >= 11 is 2.11. The minimum atomic E-state index is 0.517. The highest BCUT2D eigenvalue weighted by Gasteiger charge is 2.40. The van der Waals surface area contributed by atoms with E-state index in [0.29, 0.717) is 17.9 Å². The summed E-state index contributed by atoms with van der Waals surface area (Å²) in [6.07, 6.45) is 7.04. The number of hydrogen-bond donors (Lipinski definition) is 0. The monoisotopic (exact) mass is 239 g/mol. The highest BCUT2D eigenvalue weighted by Crippen LogP contribution is 2.36. The third kappa shape index (κ3) is 2.17. The van der Waals surface area contributed by atoms with Crippen molar-refractivity contribution >= 4 is 17.5 Å². The molecular weight excluding hydrogens is 218 g/mol. The average molecular weight is 239 g/mol. The number of hydrogen-bond acceptors (Lipinski definition) is 3. The summed E-state index contributed by atoms with van der Waals surface area (Å²) in [7, 11) is 0. The molecule has 0 radical (unpaired) electrons. The molecule has 3 aliphatic heterocycles. The van der Waals surface area contributed by atoms with E-state index >= 15 is 0 Å². The molecular formula is C13H21NOS. The first kappa shape index (κ1) is 11.1. The average Bonchev–Trinajstić information content (AvgIpc) is 2.54. The molecule has 0 aromatic heterocycles. The first-order valence-electron chi connectivity index (χ1n) is 6.68. The van der Waals surface area contributed by atoms with Crippen LogP contribution in [0.15, 0.2) is 0 Å². The first-order chi connectivity index (χ1) is 7.83. The number of thioether (sulfide) groups is 1. The van der Waals surface area contributed by atoms with Crippen molar-refractivity contribution in [2.75, 3.05) is 18.1 Å². The predicted octanol–water partition coefficient (Wildman–Crippen LogP) is 2.33. The molecule has 2 unspecified atom stereocenters. The molecule has 0 aliphatic carbocycles. The molecule has 90 valence electrons. The van der Waals surface area contributed by atoms with Gasteiger partial charge in [0, 0.05) is 31.5 Å². The lowest BCUT2D eigenvalue weighted by molar-refractivity contribution is -0.123. The van der Waals surface area contributed by atoms with Crippen molar-refractivity contribution in [2.45, 2.75) is 50.6 Å². The van der Waals surface area contributed by atoms with Crippen LogP contribution in [0.1, 0.15) is 38.5 Å². The van der Waals surface area contributed by atoms with Gasteiger partial charge in [0.15, 0.2) is 0 Å². The number of ketones is 1.